The molecule has 0 heterocycles. The standard InChI is InChI=1S/C9H10O4S/c1-6-3-4-9(14(11,12)13)8(5-6)7(2)10/h3-5H,1-2H3,(H,11,12,13). The molecule has 0 radical (unpaired) electrons. The van der Waals surface area contributed by atoms with Crippen LogP contribution in [-0.4, -0.2) is 18.8 Å². The van der Waals surface area contributed by atoms with E-state index in [4.69, 9.17) is 4.55 Å². The van der Waals surface area contributed by atoms with Crippen LogP contribution in [0.4, 0.5) is 0 Å². The second kappa shape index (κ2) is 3.51. The molecule has 0 spiro atoms. The van der Waals surface area contributed by atoms with Crippen molar-refractivity contribution in [1.82, 2.24) is 0 Å². The quantitative estimate of drug-likeness (QED) is 0.597. The van der Waals surface area contributed by atoms with Gasteiger partial charge in [-0.05, 0) is 26.0 Å². The van der Waals surface area contributed by atoms with Crippen molar-refractivity contribution in [3.63, 3.8) is 0 Å². The molecular formula is C9H10O4S. The molecule has 0 aromatic heterocycles. The van der Waals surface area contributed by atoms with Crippen LogP contribution in [-0.2, 0) is 10.1 Å². The van der Waals surface area contributed by atoms with Crippen LogP contribution < -0.4 is 0 Å². The number of aryl methyl sites for hydroxylation is 1. The summed E-state index contributed by atoms with van der Waals surface area (Å²) in [5, 5.41) is 0. The Labute approximate surface area is 82.3 Å². The van der Waals surface area contributed by atoms with E-state index in [1.807, 2.05) is 0 Å². The fourth-order valence-electron chi connectivity index (χ4n) is 1.14. The SMILES string of the molecule is CC(=O)c1cc(C)ccc1S(=O)(=O)O. The minimum absolute atomic E-state index is 0.0208. The Morgan fingerprint density at radius 1 is 1.36 bits per heavy atom. The van der Waals surface area contributed by atoms with E-state index in [1.165, 1.54) is 25.1 Å². The van der Waals surface area contributed by atoms with Crippen LogP contribution >= 0.6 is 0 Å². The molecular weight excluding hydrogens is 204 g/mol. The normalized spacial score (nSPS) is 11.4. The van der Waals surface area contributed by atoms with Crippen molar-refractivity contribution in [2.75, 3.05) is 0 Å². The van der Waals surface area contributed by atoms with Gasteiger partial charge in [-0.15, -0.1) is 0 Å². The lowest BCUT2D eigenvalue weighted by Gasteiger charge is -2.04. The molecule has 0 aliphatic heterocycles. The molecule has 0 aliphatic carbocycles. The molecule has 0 unspecified atom stereocenters. The van der Waals surface area contributed by atoms with Crippen LogP contribution in [0.15, 0.2) is 23.1 Å². The summed E-state index contributed by atoms with van der Waals surface area (Å²) in [6.07, 6.45) is 0. The minimum Gasteiger partial charge on any atom is -0.294 e. The van der Waals surface area contributed by atoms with E-state index < -0.39 is 10.1 Å². The van der Waals surface area contributed by atoms with Gasteiger partial charge in [-0.25, -0.2) is 0 Å². The first-order chi connectivity index (χ1) is 6.32. The number of carbonyl (C=O) groups is 1. The first-order valence-electron chi connectivity index (χ1n) is 3.91. The highest BCUT2D eigenvalue weighted by atomic mass is 32.2. The Balaban J connectivity index is 3.53. The zero-order valence-corrected chi connectivity index (χ0v) is 8.63. The number of hydrogen-bond acceptors (Lipinski definition) is 3. The molecule has 4 nitrogen and oxygen atoms in total. The Hall–Kier alpha value is -1.20. The highest BCUT2D eigenvalue weighted by Gasteiger charge is 2.17. The van der Waals surface area contributed by atoms with Gasteiger partial charge in [-0.3, -0.25) is 9.35 Å². The molecule has 1 aromatic carbocycles. The first kappa shape index (κ1) is 10.9. The summed E-state index contributed by atoms with van der Waals surface area (Å²) < 4.78 is 30.6. The van der Waals surface area contributed by atoms with Crippen molar-refractivity contribution in [2.24, 2.45) is 0 Å². The minimum atomic E-state index is -4.32. The largest absolute Gasteiger partial charge is 0.295 e. The van der Waals surface area contributed by atoms with Gasteiger partial charge >= 0.3 is 0 Å². The van der Waals surface area contributed by atoms with E-state index in [1.54, 1.807) is 6.92 Å². The maximum absolute atomic E-state index is 11.1. The Bertz CT molecular complexity index is 474. The average Bonchev–Trinajstić information content (AvgIpc) is 2.01. The van der Waals surface area contributed by atoms with Crippen LogP contribution in [0.3, 0.4) is 0 Å². The number of ketones is 1. The lowest BCUT2D eigenvalue weighted by molar-refractivity contribution is 0.101. The predicted octanol–water partition coefficient (Wildman–Crippen LogP) is 1.44. The van der Waals surface area contributed by atoms with E-state index in [0.29, 0.717) is 0 Å². The summed E-state index contributed by atoms with van der Waals surface area (Å²) in [6, 6.07) is 4.18. The van der Waals surface area contributed by atoms with Crippen LogP contribution in [0.5, 0.6) is 0 Å². The zero-order chi connectivity index (χ0) is 10.9. The summed E-state index contributed by atoms with van der Waals surface area (Å²) >= 11 is 0. The second-order valence-electron chi connectivity index (χ2n) is 3.03. The van der Waals surface area contributed by atoms with Crippen molar-refractivity contribution in [1.29, 1.82) is 0 Å². The molecule has 0 saturated carbocycles. The molecule has 0 bridgehead atoms. The molecule has 1 rings (SSSR count). The third-order valence-electron chi connectivity index (χ3n) is 1.79. The molecule has 1 N–H and O–H groups in total. The Morgan fingerprint density at radius 3 is 2.36 bits per heavy atom. The molecule has 1 aromatic rings. The van der Waals surface area contributed by atoms with Gasteiger partial charge < -0.3 is 0 Å². The Morgan fingerprint density at radius 2 is 1.93 bits per heavy atom. The second-order valence-corrected chi connectivity index (χ2v) is 4.42. The van der Waals surface area contributed by atoms with Crippen LogP contribution in [0.25, 0.3) is 0 Å². The topological polar surface area (TPSA) is 71.4 Å². The van der Waals surface area contributed by atoms with Gasteiger partial charge in [0.05, 0.1) is 0 Å². The maximum Gasteiger partial charge on any atom is 0.295 e. The van der Waals surface area contributed by atoms with E-state index in [-0.39, 0.29) is 16.2 Å². The molecule has 0 saturated heterocycles. The molecule has 0 amide bonds. The molecule has 76 valence electrons. The van der Waals surface area contributed by atoms with Crippen molar-refractivity contribution in [3.8, 4) is 0 Å². The fourth-order valence-corrected chi connectivity index (χ4v) is 1.86. The summed E-state index contributed by atoms with van der Waals surface area (Å²) in [5.41, 5.74) is 0.787. The van der Waals surface area contributed by atoms with Crippen molar-refractivity contribution in [3.05, 3.63) is 29.3 Å². The number of benzene rings is 1. The lowest BCUT2D eigenvalue weighted by Crippen LogP contribution is -2.06. The molecule has 0 aliphatic rings. The van der Waals surface area contributed by atoms with Gasteiger partial charge in [-0.2, -0.15) is 8.42 Å². The van der Waals surface area contributed by atoms with Gasteiger partial charge in [-0.1, -0.05) is 11.6 Å². The predicted molar refractivity (Wildman–Crippen MR) is 51.0 cm³/mol. The number of hydrogen-bond donors (Lipinski definition) is 1. The maximum atomic E-state index is 11.1. The van der Waals surface area contributed by atoms with E-state index in [9.17, 15) is 13.2 Å². The molecule has 0 atom stereocenters. The molecule has 0 fully saturated rings. The van der Waals surface area contributed by atoms with E-state index in [0.717, 1.165) is 5.56 Å². The number of carbonyl (C=O) groups excluding carboxylic acids is 1. The van der Waals surface area contributed by atoms with Gasteiger partial charge in [0.1, 0.15) is 4.90 Å². The van der Waals surface area contributed by atoms with Crippen LogP contribution in [0.2, 0.25) is 0 Å². The van der Waals surface area contributed by atoms with Crippen molar-refractivity contribution in [2.45, 2.75) is 18.7 Å². The highest BCUT2D eigenvalue weighted by molar-refractivity contribution is 7.86. The highest BCUT2D eigenvalue weighted by Crippen LogP contribution is 2.17. The van der Waals surface area contributed by atoms with Gasteiger partial charge in [0.2, 0.25) is 0 Å². The van der Waals surface area contributed by atoms with Gasteiger partial charge in [0, 0.05) is 5.56 Å². The zero-order valence-electron chi connectivity index (χ0n) is 7.81. The van der Waals surface area contributed by atoms with E-state index in [2.05, 4.69) is 0 Å². The Kier molecular flexibility index (Phi) is 2.73. The first-order valence-corrected chi connectivity index (χ1v) is 5.35. The smallest absolute Gasteiger partial charge is 0.294 e. The van der Waals surface area contributed by atoms with Crippen LogP contribution in [0, 0.1) is 6.92 Å². The summed E-state index contributed by atoms with van der Waals surface area (Å²) in [5.74, 6) is -0.388. The third-order valence-corrected chi connectivity index (χ3v) is 2.70. The summed E-state index contributed by atoms with van der Waals surface area (Å²) in [6.45, 7) is 2.99. The van der Waals surface area contributed by atoms with Crippen molar-refractivity contribution >= 4 is 15.9 Å². The van der Waals surface area contributed by atoms with E-state index >= 15 is 0 Å². The number of rotatable bonds is 2. The van der Waals surface area contributed by atoms with Gasteiger partial charge in [0.15, 0.2) is 5.78 Å². The summed E-state index contributed by atoms with van der Waals surface area (Å²) in [4.78, 5) is 10.8. The van der Waals surface area contributed by atoms with Crippen LogP contribution in [0.1, 0.15) is 22.8 Å². The number of Topliss-reactive ketones (excluding diaryl/α,β-unsaturated/α-hetero) is 1. The summed E-state index contributed by atoms with van der Waals surface area (Å²) in [7, 11) is -4.32. The molecule has 14 heavy (non-hydrogen) atoms. The lowest BCUT2D eigenvalue weighted by atomic mass is 10.1. The van der Waals surface area contributed by atoms with Gasteiger partial charge in [0.25, 0.3) is 10.1 Å². The molecule has 5 heteroatoms. The van der Waals surface area contributed by atoms with Crippen molar-refractivity contribution < 1.29 is 17.8 Å². The monoisotopic (exact) mass is 214 g/mol. The third kappa shape index (κ3) is 2.18. The fraction of sp³-hybridized carbons (Fsp3) is 0.222. The average molecular weight is 214 g/mol.